The maximum Gasteiger partial charge on any atom is 0.208 e. The Labute approximate surface area is 144 Å². The number of hydrogen-bond acceptors (Lipinski definition) is 4. The molecule has 1 heterocycles. The summed E-state index contributed by atoms with van der Waals surface area (Å²) < 4.78 is 11.8. The first-order valence-corrected chi connectivity index (χ1v) is 9.00. The highest BCUT2D eigenvalue weighted by molar-refractivity contribution is 6.17. The van der Waals surface area contributed by atoms with E-state index in [2.05, 4.69) is 12.2 Å². The van der Waals surface area contributed by atoms with Crippen LogP contribution >= 0.6 is 11.6 Å². The minimum atomic E-state index is -1.38. The van der Waals surface area contributed by atoms with Crippen LogP contribution in [0.25, 0.3) is 0 Å². The first-order valence-electron chi connectivity index (χ1n) is 8.46. The van der Waals surface area contributed by atoms with Crippen molar-refractivity contribution in [1.29, 1.82) is 0 Å². The van der Waals surface area contributed by atoms with Gasteiger partial charge in [-0.25, -0.2) is 0 Å². The lowest BCUT2D eigenvalue weighted by atomic mass is 9.85. The second-order valence-electron chi connectivity index (χ2n) is 6.26. The molecule has 2 N–H and O–H groups in total. The topological polar surface area (TPSA) is 50.7 Å². The maximum atomic E-state index is 11.3. The summed E-state index contributed by atoms with van der Waals surface area (Å²) in [7, 11) is 0. The largest absolute Gasteiger partial charge is 0.485 e. The molecular formula is C18H28ClNO3. The molecule has 130 valence electrons. The molecule has 0 amide bonds. The number of aryl methyl sites for hydroxylation is 1. The molecule has 23 heavy (non-hydrogen) atoms. The highest BCUT2D eigenvalue weighted by Crippen LogP contribution is 2.33. The quantitative estimate of drug-likeness (QED) is 0.561. The summed E-state index contributed by atoms with van der Waals surface area (Å²) in [6.07, 6.45) is 3.07. The van der Waals surface area contributed by atoms with E-state index in [1.165, 1.54) is 5.56 Å². The maximum absolute atomic E-state index is 11.3. The van der Waals surface area contributed by atoms with E-state index in [-0.39, 0.29) is 12.0 Å². The van der Waals surface area contributed by atoms with E-state index in [0.717, 1.165) is 31.6 Å². The Balaban J connectivity index is 2.20. The molecule has 1 saturated heterocycles. The van der Waals surface area contributed by atoms with Crippen LogP contribution in [0.5, 0.6) is 5.75 Å². The van der Waals surface area contributed by atoms with Crippen LogP contribution in [0.4, 0.5) is 0 Å². The van der Waals surface area contributed by atoms with Gasteiger partial charge in [-0.1, -0.05) is 42.6 Å². The van der Waals surface area contributed by atoms with Gasteiger partial charge in [0.25, 0.3) is 0 Å². The van der Waals surface area contributed by atoms with Crippen molar-refractivity contribution < 1.29 is 14.6 Å². The lowest BCUT2D eigenvalue weighted by molar-refractivity contribution is -0.274. The third-order valence-electron chi connectivity index (χ3n) is 4.48. The van der Waals surface area contributed by atoms with Crippen molar-refractivity contribution in [3.63, 3.8) is 0 Å². The second kappa shape index (κ2) is 8.88. The fraction of sp³-hybridized carbons (Fsp3) is 0.667. The minimum Gasteiger partial charge on any atom is -0.485 e. The number of benzene rings is 1. The summed E-state index contributed by atoms with van der Waals surface area (Å²) in [6, 6.07) is 7.81. The molecule has 1 aromatic rings. The van der Waals surface area contributed by atoms with Crippen LogP contribution < -0.4 is 10.1 Å². The molecule has 0 aliphatic carbocycles. The van der Waals surface area contributed by atoms with Crippen LogP contribution in [0.1, 0.15) is 38.2 Å². The minimum absolute atomic E-state index is 0.0306. The van der Waals surface area contributed by atoms with Gasteiger partial charge >= 0.3 is 0 Å². The predicted octanol–water partition coefficient (Wildman–Crippen LogP) is 3.44. The smallest absolute Gasteiger partial charge is 0.208 e. The molecule has 0 aromatic heterocycles. The van der Waals surface area contributed by atoms with Crippen molar-refractivity contribution in [3.05, 3.63) is 29.8 Å². The third-order valence-corrected chi connectivity index (χ3v) is 4.59. The summed E-state index contributed by atoms with van der Waals surface area (Å²) in [5.74, 6) is -0.665. The van der Waals surface area contributed by atoms with Gasteiger partial charge in [-0.05, 0) is 44.9 Å². The van der Waals surface area contributed by atoms with Gasteiger partial charge in [-0.3, -0.25) is 0 Å². The lowest BCUT2D eigenvalue weighted by Gasteiger charge is -2.42. The molecular weight excluding hydrogens is 314 g/mol. The zero-order chi connectivity index (χ0) is 16.7. The Morgan fingerprint density at radius 2 is 2.13 bits per heavy atom. The fourth-order valence-corrected chi connectivity index (χ4v) is 3.33. The first kappa shape index (κ1) is 18.5. The molecule has 0 bridgehead atoms. The molecule has 2 rings (SSSR count). The van der Waals surface area contributed by atoms with Crippen molar-refractivity contribution >= 4 is 11.6 Å². The SMILES string of the molecule is CCCC(Oc1ccc(C)cc1)C(O)(OCCl)[C@@H]1CCCNC1. The highest BCUT2D eigenvalue weighted by atomic mass is 35.5. The van der Waals surface area contributed by atoms with Gasteiger partial charge < -0.3 is 19.9 Å². The summed E-state index contributed by atoms with van der Waals surface area (Å²) in [4.78, 5) is 0. The molecule has 0 radical (unpaired) electrons. The van der Waals surface area contributed by atoms with Crippen LogP contribution in [0, 0.1) is 12.8 Å². The van der Waals surface area contributed by atoms with E-state index in [1.807, 2.05) is 31.2 Å². The average molecular weight is 342 g/mol. The van der Waals surface area contributed by atoms with E-state index in [1.54, 1.807) is 0 Å². The number of alkyl halides is 1. The molecule has 0 saturated carbocycles. The Morgan fingerprint density at radius 1 is 1.39 bits per heavy atom. The Morgan fingerprint density at radius 3 is 2.70 bits per heavy atom. The lowest BCUT2D eigenvalue weighted by Crippen LogP contribution is -2.57. The van der Waals surface area contributed by atoms with Crippen molar-refractivity contribution in [2.45, 2.75) is 51.4 Å². The van der Waals surface area contributed by atoms with Gasteiger partial charge in [0.1, 0.15) is 11.8 Å². The molecule has 1 aliphatic rings. The van der Waals surface area contributed by atoms with Gasteiger partial charge in [0, 0.05) is 12.5 Å². The third kappa shape index (κ3) is 4.83. The van der Waals surface area contributed by atoms with E-state index >= 15 is 0 Å². The summed E-state index contributed by atoms with van der Waals surface area (Å²) in [5.41, 5.74) is 1.17. The fourth-order valence-electron chi connectivity index (χ4n) is 3.16. The molecule has 3 atom stereocenters. The highest BCUT2D eigenvalue weighted by Gasteiger charge is 2.46. The first-order chi connectivity index (χ1) is 11.1. The normalized spacial score (nSPS) is 22.3. The van der Waals surface area contributed by atoms with Crippen molar-refractivity contribution in [3.8, 4) is 5.75 Å². The molecule has 5 heteroatoms. The zero-order valence-corrected chi connectivity index (χ0v) is 14.8. The van der Waals surface area contributed by atoms with Crippen LogP contribution in [0.3, 0.4) is 0 Å². The van der Waals surface area contributed by atoms with Crippen molar-refractivity contribution in [2.24, 2.45) is 5.92 Å². The average Bonchev–Trinajstić information content (AvgIpc) is 2.57. The van der Waals surface area contributed by atoms with E-state index in [0.29, 0.717) is 13.0 Å². The van der Waals surface area contributed by atoms with Gasteiger partial charge in [-0.2, -0.15) is 0 Å². The molecule has 2 unspecified atom stereocenters. The number of piperidine rings is 1. The van der Waals surface area contributed by atoms with Gasteiger partial charge in [0.15, 0.2) is 6.10 Å². The monoisotopic (exact) mass is 341 g/mol. The van der Waals surface area contributed by atoms with Crippen LogP contribution in [0.2, 0.25) is 0 Å². The van der Waals surface area contributed by atoms with Crippen molar-refractivity contribution in [2.75, 3.05) is 19.2 Å². The Bertz CT molecular complexity index is 462. The van der Waals surface area contributed by atoms with Crippen molar-refractivity contribution in [1.82, 2.24) is 5.32 Å². The summed E-state index contributed by atoms with van der Waals surface area (Å²) in [5, 5.41) is 14.6. The molecule has 1 aromatic carbocycles. The standard InChI is InChI=1S/C18H28ClNO3/c1-3-5-17(23-16-9-7-14(2)8-10-16)18(21,22-13-19)15-6-4-11-20-12-15/h7-10,15,17,20-21H,3-6,11-13H2,1-2H3/t15-,17?,18?/m1/s1. The van der Waals surface area contributed by atoms with Crippen LogP contribution in [-0.4, -0.2) is 36.2 Å². The molecule has 1 aliphatic heterocycles. The molecule has 1 fully saturated rings. The number of aliphatic hydroxyl groups is 1. The van der Waals surface area contributed by atoms with Crippen LogP contribution in [0.15, 0.2) is 24.3 Å². The number of ether oxygens (including phenoxy) is 2. The van der Waals surface area contributed by atoms with E-state index in [4.69, 9.17) is 21.1 Å². The van der Waals surface area contributed by atoms with Gasteiger partial charge in [0.05, 0.1) is 0 Å². The summed E-state index contributed by atoms with van der Waals surface area (Å²) in [6.45, 7) is 5.80. The Hall–Kier alpha value is -0.810. The van der Waals surface area contributed by atoms with Crippen LogP contribution in [-0.2, 0) is 4.74 Å². The zero-order valence-electron chi connectivity index (χ0n) is 14.1. The van der Waals surface area contributed by atoms with E-state index in [9.17, 15) is 5.11 Å². The predicted molar refractivity (Wildman–Crippen MR) is 92.9 cm³/mol. The van der Waals surface area contributed by atoms with E-state index < -0.39 is 11.9 Å². The number of halogens is 1. The molecule has 4 nitrogen and oxygen atoms in total. The Kier molecular flexibility index (Phi) is 7.15. The number of nitrogens with one attached hydrogen (secondary N) is 1. The molecule has 0 spiro atoms. The van der Waals surface area contributed by atoms with Gasteiger partial charge in [0.2, 0.25) is 5.79 Å². The van der Waals surface area contributed by atoms with Gasteiger partial charge in [-0.15, -0.1) is 0 Å². The number of hydrogen-bond donors (Lipinski definition) is 2. The number of rotatable bonds is 8. The summed E-state index contributed by atoms with van der Waals surface area (Å²) >= 11 is 5.81. The second-order valence-corrected chi connectivity index (χ2v) is 6.48.